The SMILES string of the molecule is Cc1ccc(COc2ccc(COC(=O)[C@@H](CCCCNC(=O)OC(C)(C)C)NC(=O)OCC3c4ccccc4-c4ccccc43)cc2)cc1. The number of fused-ring (bicyclic) bond motifs is 3. The molecule has 4 aromatic rings. The third kappa shape index (κ3) is 10.3. The first-order valence-electron chi connectivity index (χ1n) is 17.1. The van der Waals surface area contributed by atoms with Crippen LogP contribution in [0.1, 0.15) is 73.8 Å². The van der Waals surface area contributed by atoms with Crippen molar-refractivity contribution < 1.29 is 33.3 Å². The third-order valence-corrected chi connectivity index (χ3v) is 8.34. The Balaban J connectivity index is 1.15. The van der Waals surface area contributed by atoms with Crippen molar-refractivity contribution in [2.75, 3.05) is 13.2 Å². The van der Waals surface area contributed by atoms with Crippen LogP contribution in [0.2, 0.25) is 0 Å². The predicted octanol–water partition coefficient (Wildman–Crippen LogP) is 8.22. The number of amides is 2. The number of benzene rings is 4. The monoisotopic (exact) mass is 678 g/mol. The lowest BCUT2D eigenvalue weighted by Crippen LogP contribution is -2.42. The molecule has 0 bridgehead atoms. The lowest BCUT2D eigenvalue weighted by molar-refractivity contribution is -0.147. The average molecular weight is 679 g/mol. The van der Waals surface area contributed by atoms with Crippen molar-refractivity contribution in [3.63, 3.8) is 0 Å². The zero-order chi connectivity index (χ0) is 35.5. The van der Waals surface area contributed by atoms with Crippen molar-refractivity contribution in [2.24, 2.45) is 0 Å². The number of hydrogen-bond donors (Lipinski definition) is 2. The van der Waals surface area contributed by atoms with E-state index >= 15 is 0 Å². The van der Waals surface area contributed by atoms with Crippen LogP contribution < -0.4 is 15.4 Å². The predicted molar refractivity (Wildman–Crippen MR) is 192 cm³/mol. The van der Waals surface area contributed by atoms with Gasteiger partial charge < -0.3 is 29.6 Å². The van der Waals surface area contributed by atoms with Crippen LogP contribution in [0.4, 0.5) is 9.59 Å². The molecule has 1 aliphatic carbocycles. The molecule has 0 radical (unpaired) electrons. The fourth-order valence-corrected chi connectivity index (χ4v) is 5.80. The summed E-state index contributed by atoms with van der Waals surface area (Å²) < 4.78 is 22.5. The van der Waals surface area contributed by atoms with Crippen molar-refractivity contribution in [1.29, 1.82) is 0 Å². The van der Waals surface area contributed by atoms with E-state index in [-0.39, 0.29) is 19.1 Å². The second-order valence-electron chi connectivity index (χ2n) is 13.5. The number of aryl methyl sites for hydroxylation is 1. The maximum Gasteiger partial charge on any atom is 0.407 e. The Kier molecular flexibility index (Phi) is 12.1. The second-order valence-corrected chi connectivity index (χ2v) is 13.5. The zero-order valence-electron chi connectivity index (χ0n) is 29.2. The molecule has 262 valence electrons. The van der Waals surface area contributed by atoms with E-state index < -0.39 is 29.8 Å². The summed E-state index contributed by atoms with van der Waals surface area (Å²) in [5.41, 5.74) is 6.91. The van der Waals surface area contributed by atoms with Gasteiger partial charge in [0.05, 0.1) is 0 Å². The lowest BCUT2D eigenvalue weighted by atomic mass is 9.98. The van der Waals surface area contributed by atoms with Gasteiger partial charge in [0.15, 0.2) is 0 Å². The van der Waals surface area contributed by atoms with Crippen LogP contribution in [0.15, 0.2) is 97.1 Å². The van der Waals surface area contributed by atoms with Crippen molar-refractivity contribution in [3.05, 3.63) is 125 Å². The van der Waals surface area contributed by atoms with Crippen molar-refractivity contribution in [3.8, 4) is 16.9 Å². The molecule has 50 heavy (non-hydrogen) atoms. The fraction of sp³-hybridized carbons (Fsp3) is 0.341. The molecule has 0 aromatic heterocycles. The molecule has 1 aliphatic rings. The van der Waals surface area contributed by atoms with E-state index in [0.717, 1.165) is 33.4 Å². The number of nitrogens with one attached hydrogen (secondary N) is 2. The van der Waals surface area contributed by atoms with Gasteiger partial charge in [-0.1, -0.05) is 90.5 Å². The van der Waals surface area contributed by atoms with Crippen molar-refractivity contribution in [1.82, 2.24) is 10.6 Å². The number of carbonyl (C=O) groups excluding carboxylic acids is 3. The minimum absolute atomic E-state index is 0.0279. The Hall–Kier alpha value is -5.31. The summed E-state index contributed by atoms with van der Waals surface area (Å²) in [5, 5.41) is 5.46. The summed E-state index contributed by atoms with van der Waals surface area (Å²) in [6.07, 6.45) is 0.198. The van der Waals surface area contributed by atoms with Gasteiger partial charge in [0, 0.05) is 12.5 Å². The highest BCUT2D eigenvalue weighted by atomic mass is 16.6. The number of unbranched alkanes of at least 4 members (excludes halogenated alkanes) is 1. The first kappa shape index (κ1) is 36.0. The van der Waals surface area contributed by atoms with Crippen LogP contribution in [-0.4, -0.2) is 43.0 Å². The van der Waals surface area contributed by atoms with E-state index in [1.165, 1.54) is 5.56 Å². The average Bonchev–Trinajstić information content (AvgIpc) is 3.42. The Morgan fingerprint density at radius 1 is 0.720 bits per heavy atom. The molecule has 0 heterocycles. The smallest absolute Gasteiger partial charge is 0.407 e. The molecule has 0 fully saturated rings. The Bertz CT molecular complexity index is 1700. The van der Waals surface area contributed by atoms with Crippen LogP contribution in [0, 0.1) is 6.92 Å². The Morgan fingerprint density at radius 3 is 1.96 bits per heavy atom. The summed E-state index contributed by atoms with van der Waals surface area (Å²) in [6.45, 7) is 8.40. The van der Waals surface area contributed by atoms with E-state index in [9.17, 15) is 14.4 Å². The molecule has 0 unspecified atom stereocenters. The first-order chi connectivity index (χ1) is 24.1. The summed E-state index contributed by atoms with van der Waals surface area (Å²) in [4.78, 5) is 38.4. The first-order valence-corrected chi connectivity index (χ1v) is 17.1. The minimum atomic E-state index is -0.940. The summed E-state index contributed by atoms with van der Waals surface area (Å²) in [7, 11) is 0. The van der Waals surface area contributed by atoms with Gasteiger partial charge in [0.25, 0.3) is 0 Å². The quantitative estimate of drug-likeness (QED) is 0.0785. The summed E-state index contributed by atoms with van der Waals surface area (Å²) in [5.74, 6) is 0.0232. The van der Waals surface area contributed by atoms with Gasteiger partial charge in [-0.15, -0.1) is 0 Å². The maximum absolute atomic E-state index is 13.3. The Labute approximate surface area is 294 Å². The van der Waals surface area contributed by atoms with E-state index in [4.69, 9.17) is 18.9 Å². The van der Waals surface area contributed by atoms with E-state index in [2.05, 4.69) is 34.9 Å². The number of carbonyl (C=O) groups is 3. The largest absolute Gasteiger partial charge is 0.489 e. The molecule has 1 atom stereocenters. The van der Waals surface area contributed by atoms with Crippen LogP contribution in [-0.2, 0) is 32.2 Å². The van der Waals surface area contributed by atoms with E-state index in [0.29, 0.717) is 38.2 Å². The summed E-state index contributed by atoms with van der Waals surface area (Å²) in [6, 6.07) is 30.8. The second kappa shape index (κ2) is 16.9. The fourth-order valence-electron chi connectivity index (χ4n) is 5.80. The van der Waals surface area contributed by atoms with Crippen molar-refractivity contribution >= 4 is 18.2 Å². The normalized spacial score (nSPS) is 12.6. The van der Waals surface area contributed by atoms with Crippen LogP contribution in [0.5, 0.6) is 5.75 Å². The highest BCUT2D eigenvalue weighted by Gasteiger charge is 2.30. The molecular formula is C41H46N2O7. The molecule has 5 rings (SSSR count). The molecule has 2 N–H and O–H groups in total. The van der Waals surface area contributed by atoms with Gasteiger partial charge in [-0.05, 0) is 92.5 Å². The van der Waals surface area contributed by atoms with Gasteiger partial charge in [-0.25, -0.2) is 14.4 Å². The van der Waals surface area contributed by atoms with Gasteiger partial charge in [0.1, 0.15) is 37.2 Å². The van der Waals surface area contributed by atoms with Gasteiger partial charge in [0.2, 0.25) is 0 Å². The van der Waals surface area contributed by atoms with Crippen LogP contribution in [0.3, 0.4) is 0 Å². The number of alkyl carbamates (subject to hydrolysis) is 2. The molecule has 0 aliphatic heterocycles. The van der Waals surface area contributed by atoms with E-state index in [1.807, 2.05) is 79.7 Å². The van der Waals surface area contributed by atoms with Crippen molar-refractivity contribution in [2.45, 2.75) is 77.7 Å². The minimum Gasteiger partial charge on any atom is -0.489 e. The zero-order valence-corrected chi connectivity index (χ0v) is 29.2. The molecule has 0 spiro atoms. The molecule has 9 heteroatoms. The van der Waals surface area contributed by atoms with Crippen LogP contribution >= 0.6 is 0 Å². The lowest BCUT2D eigenvalue weighted by Gasteiger charge is -2.20. The Morgan fingerprint density at radius 2 is 1.32 bits per heavy atom. The molecule has 4 aromatic carbocycles. The van der Waals surface area contributed by atoms with Gasteiger partial charge in [-0.3, -0.25) is 0 Å². The van der Waals surface area contributed by atoms with Crippen LogP contribution in [0.25, 0.3) is 11.1 Å². The topological polar surface area (TPSA) is 112 Å². The molecule has 0 saturated heterocycles. The highest BCUT2D eigenvalue weighted by molar-refractivity contribution is 5.82. The highest BCUT2D eigenvalue weighted by Crippen LogP contribution is 2.44. The standard InChI is InChI=1S/C41H46N2O7/c1-28-16-18-29(19-17-28)25-47-31-22-20-30(21-23-31)26-48-38(44)37(15-9-10-24-42-39(45)50-41(2,3)4)43-40(46)49-27-36-34-13-7-5-11-32(34)33-12-6-8-14-35(33)36/h5-8,11-14,16-23,36-37H,9-10,15,24-27H2,1-4H3,(H,42,45)(H,43,46)/t37-/m1/s1. The number of rotatable bonds is 14. The molecule has 2 amide bonds. The molecule has 9 nitrogen and oxygen atoms in total. The third-order valence-electron chi connectivity index (χ3n) is 8.34. The number of esters is 1. The number of hydrogen-bond acceptors (Lipinski definition) is 7. The maximum atomic E-state index is 13.3. The molecular weight excluding hydrogens is 632 g/mol. The number of ether oxygens (including phenoxy) is 4. The molecule has 0 saturated carbocycles. The summed E-state index contributed by atoms with van der Waals surface area (Å²) >= 11 is 0. The van der Waals surface area contributed by atoms with Gasteiger partial charge >= 0.3 is 18.2 Å². The van der Waals surface area contributed by atoms with E-state index in [1.54, 1.807) is 20.8 Å². The van der Waals surface area contributed by atoms with Gasteiger partial charge in [-0.2, -0.15) is 0 Å².